The number of rotatable bonds is 3. The van der Waals surface area contributed by atoms with Crippen molar-refractivity contribution in [2.45, 2.75) is 12.3 Å². The van der Waals surface area contributed by atoms with E-state index < -0.39 is 22.6 Å². The summed E-state index contributed by atoms with van der Waals surface area (Å²) >= 11 is 0. The fourth-order valence-electron chi connectivity index (χ4n) is 3.48. The molecule has 7 nitrogen and oxygen atoms in total. The molecule has 27 heavy (non-hydrogen) atoms. The van der Waals surface area contributed by atoms with Crippen LogP contribution in [0.25, 0.3) is 0 Å². The number of esters is 1. The van der Waals surface area contributed by atoms with E-state index in [1.165, 1.54) is 47.4 Å². The highest BCUT2D eigenvalue weighted by Crippen LogP contribution is 2.42. The number of hydrogen-bond acceptors (Lipinski definition) is 5. The third-order valence-electron chi connectivity index (χ3n) is 4.69. The van der Waals surface area contributed by atoms with Crippen molar-refractivity contribution in [3.63, 3.8) is 0 Å². The maximum absolute atomic E-state index is 13.2. The number of carbonyl (C=O) groups is 2. The zero-order chi connectivity index (χ0) is 19.1. The lowest BCUT2D eigenvalue weighted by Gasteiger charge is -2.31. The van der Waals surface area contributed by atoms with Crippen molar-refractivity contribution in [3.05, 3.63) is 81.3 Å². The summed E-state index contributed by atoms with van der Waals surface area (Å²) in [7, 11) is 0. The predicted octanol–water partition coefficient (Wildman–Crippen LogP) is 3.07. The number of amides is 1. The molecule has 2 aliphatic heterocycles. The fraction of sp³-hybridized carbons (Fsp3) is 0.158. The van der Waals surface area contributed by atoms with Gasteiger partial charge in [-0.1, -0.05) is 12.1 Å². The summed E-state index contributed by atoms with van der Waals surface area (Å²) in [5.74, 6) is -1.92. The number of cyclic esters (lactones) is 1. The van der Waals surface area contributed by atoms with Gasteiger partial charge in [0.15, 0.2) is 0 Å². The van der Waals surface area contributed by atoms with Gasteiger partial charge in [-0.05, 0) is 29.8 Å². The average molecular weight is 368 g/mol. The summed E-state index contributed by atoms with van der Waals surface area (Å²) in [4.78, 5) is 37.0. The number of ether oxygens (including phenoxy) is 1. The second-order valence-corrected chi connectivity index (χ2v) is 6.25. The summed E-state index contributed by atoms with van der Waals surface area (Å²) in [6, 6.07) is 11.2. The highest BCUT2D eigenvalue weighted by Gasteiger charge is 2.43. The first-order valence-corrected chi connectivity index (χ1v) is 8.19. The lowest BCUT2D eigenvalue weighted by atomic mass is 9.84. The van der Waals surface area contributed by atoms with Gasteiger partial charge in [0.1, 0.15) is 12.4 Å². The van der Waals surface area contributed by atoms with E-state index in [4.69, 9.17) is 4.74 Å². The Labute approximate surface area is 152 Å². The second kappa shape index (κ2) is 6.31. The number of non-ortho nitro benzene ring substituents is 1. The van der Waals surface area contributed by atoms with E-state index in [2.05, 4.69) is 0 Å². The monoisotopic (exact) mass is 368 g/mol. The van der Waals surface area contributed by atoms with Crippen LogP contribution in [0.1, 0.15) is 17.9 Å². The number of nitro groups is 1. The Morgan fingerprint density at radius 2 is 1.89 bits per heavy atom. The Bertz CT molecular complexity index is 999. The molecule has 136 valence electrons. The zero-order valence-electron chi connectivity index (χ0n) is 13.9. The molecule has 0 N–H and O–H groups in total. The lowest BCUT2D eigenvalue weighted by molar-refractivity contribution is -0.384. The molecule has 2 heterocycles. The first kappa shape index (κ1) is 16.9. The van der Waals surface area contributed by atoms with Gasteiger partial charge in [-0.2, -0.15) is 0 Å². The number of halogens is 1. The van der Waals surface area contributed by atoms with Crippen LogP contribution in [0.3, 0.4) is 0 Å². The molecule has 0 aliphatic carbocycles. The van der Waals surface area contributed by atoms with E-state index in [0.29, 0.717) is 22.5 Å². The van der Waals surface area contributed by atoms with Gasteiger partial charge in [0.2, 0.25) is 5.91 Å². The van der Waals surface area contributed by atoms with Crippen molar-refractivity contribution in [1.82, 2.24) is 0 Å². The third-order valence-corrected chi connectivity index (χ3v) is 4.69. The number of anilines is 1. The molecule has 1 unspecified atom stereocenters. The van der Waals surface area contributed by atoms with Crippen LogP contribution in [0, 0.1) is 15.9 Å². The van der Waals surface area contributed by atoms with Crippen molar-refractivity contribution in [3.8, 4) is 0 Å². The summed E-state index contributed by atoms with van der Waals surface area (Å²) in [5, 5.41) is 11.1. The van der Waals surface area contributed by atoms with E-state index in [-0.39, 0.29) is 24.6 Å². The van der Waals surface area contributed by atoms with Gasteiger partial charge < -0.3 is 4.74 Å². The Morgan fingerprint density at radius 3 is 2.59 bits per heavy atom. The number of benzene rings is 2. The van der Waals surface area contributed by atoms with Crippen LogP contribution in [0.15, 0.2) is 59.8 Å². The van der Waals surface area contributed by atoms with Crippen LogP contribution in [0.5, 0.6) is 0 Å². The summed E-state index contributed by atoms with van der Waals surface area (Å²) in [6.45, 7) is -0.0806. The summed E-state index contributed by atoms with van der Waals surface area (Å²) in [5.41, 5.74) is 1.51. The number of carbonyl (C=O) groups excluding carboxylic acids is 2. The zero-order valence-corrected chi connectivity index (χ0v) is 13.9. The SMILES string of the molecule is O=C1OCC2=C1C(c1cccc([N+](=O)[O-])c1)CC(=O)N2c1ccc(F)cc1. The molecule has 0 bridgehead atoms. The Kier molecular flexibility index (Phi) is 3.95. The first-order chi connectivity index (χ1) is 13.0. The molecule has 2 aromatic carbocycles. The minimum Gasteiger partial charge on any atom is -0.456 e. The standard InChI is InChI=1S/C19H13FN2O5/c20-12-4-6-13(7-5-12)21-16-10-27-19(24)18(16)15(9-17(21)23)11-2-1-3-14(8-11)22(25)26/h1-8,15H,9-10H2. The van der Waals surface area contributed by atoms with Crippen LogP contribution in [0.4, 0.5) is 15.8 Å². The fourth-order valence-corrected chi connectivity index (χ4v) is 3.48. The molecule has 4 rings (SSSR count). The first-order valence-electron chi connectivity index (χ1n) is 8.19. The van der Waals surface area contributed by atoms with E-state index >= 15 is 0 Å². The van der Waals surface area contributed by atoms with Crippen LogP contribution in [-0.2, 0) is 14.3 Å². The minimum absolute atomic E-state index is 0.0491. The van der Waals surface area contributed by atoms with E-state index in [9.17, 15) is 24.1 Å². The van der Waals surface area contributed by atoms with E-state index in [1.54, 1.807) is 6.07 Å². The van der Waals surface area contributed by atoms with Crippen molar-refractivity contribution < 1.29 is 23.6 Å². The quantitative estimate of drug-likeness (QED) is 0.472. The Morgan fingerprint density at radius 1 is 1.15 bits per heavy atom. The average Bonchev–Trinajstić information content (AvgIpc) is 3.04. The smallest absolute Gasteiger partial charge is 0.336 e. The van der Waals surface area contributed by atoms with Gasteiger partial charge in [-0.25, -0.2) is 9.18 Å². The molecule has 8 heteroatoms. The molecule has 0 fully saturated rings. The highest BCUT2D eigenvalue weighted by molar-refractivity contribution is 6.06. The predicted molar refractivity (Wildman–Crippen MR) is 92.3 cm³/mol. The molecule has 0 saturated carbocycles. The van der Waals surface area contributed by atoms with Gasteiger partial charge in [0.05, 0.1) is 16.2 Å². The van der Waals surface area contributed by atoms with Gasteiger partial charge in [0.25, 0.3) is 5.69 Å². The lowest BCUT2D eigenvalue weighted by Crippen LogP contribution is -2.37. The maximum atomic E-state index is 13.2. The Balaban J connectivity index is 1.81. The number of nitrogens with zero attached hydrogens (tertiary/aromatic N) is 2. The van der Waals surface area contributed by atoms with Crippen LogP contribution >= 0.6 is 0 Å². The topological polar surface area (TPSA) is 89.7 Å². The molecular formula is C19H13FN2O5. The van der Waals surface area contributed by atoms with E-state index in [1.807, 2.05) is 0 Å². The van der Waals surface area contributed by atoms with Gasteiger partial charge in [-0.3, -0.25) is 19.8 Å². The molecule has 1 amide bonds. The normalized spacial score (nSPS) is 19.1. The molecule has 2 aliphatic rings. The van der Waals surface area contributed by atoms with Crippen LogP contribution in [-0.4, -0.2) is 23.4 Å². The van der Waals surface area contributed by atoms with Gasteiger partial charge in [-0.15, -0.1) is 0 Å². The van der Waals surface area contributed by atoms with E-state index in [0.717, 1.165) is 0 Å². The molecule has 1 atom stereocenters. The minimum atomic E-state index is -0.626. The summed E-state index contributed by atoms with van der Waals surface area (Å²) in [6.07, 6.45) is -0.0491. The van der Waals surface area contributed by atoms with Crippen molar-refractivity contribution in [2.24, 2.45) is 0 Å². The van der Waals surface area contributed by atoms with Crippen molar-refractivity contribution >= 4 is 23.3 Å². The van der Waals surface area contributed by atoms with Gasteiger partial charge >= 0.3 is 5.97 Å². The highest BCUT2D eigenvalue weighted by atomic mass is 19.1. The molecule has 2 aromatic rings. The third kappa shape index (κ3) is 2.84. The van der Waals surface area contributed by atoms with Crippen molar-refractivity contribution in [1.29, 1.82) is 0 Å². The molecule has 0 radical (unpaired) electrons. The molecular weight excluding hydrogens is 355 g/mol. The second-order valence-electron chi connectivity index (χ2n) is 6.25. The van der Waals surface area contributed by atoms with Crippen LogP contribution in [0.2, 0.25) is 0 Å². The summed E-state index contributed by atoms with van der Waals surface area (Å²) < 4.78 is 18.4. The Hall–Kier alpha value is -3.55. The number of hydrogen-bond donors (Lipinski definition) is 0. The molecule has 0 aromatic heterocycles. The van der Waals surface area contributed by atoms with Gasteiger partial charge in [0, 0.05) is 30.2 Å². The number of nitro benzene ring substituents is 1. The largest absolute Gasteiger partial charge is 0.456 e. The maximum Gasteiger partial charge on any atom is 0.336 e. The molecule has 0 saturated heterocycles. The van der Waals surface area contributed by atoms with Crippen molar-refractivity contribution in [2.75, 3.05) is 11.5 Å². The molecule has 0 spiro atoms. The van der Waals surface area contributed by atoms with Crippen LogP contribution < -0.4 is 4.90 Å².